The van der Waals surface area contributed by atoms with Gasteiger partial charge >= 0.3 is 0 Å². The smallest absolute Gasteiger partial charge is 0.269 e. The molecule has 1 aliphatic heterocycles. The number of nitrogens with one attached hydrogen (secondary N) is 1. The first-order valence-corrected chi connectivity index (χ1v) is 15.0. The normalized spacial score (nSPS) is 18.9. The number of sulfone groups is 1. The highest BCUT2D eigenvalue weighted by Crippen LogP contribution is 2.30. The number of carbonyl (C=O) groups excluding carboxylic acids is 1. The molecule has 1 N–H and O–H groups in total. The van der Waals surface area contributed by atoms with Gasteiger partial charge in [0, 0.05) is 30.8 Å². The van der Waals surface area contributed by atoms with Gasteiger partial charge in [-0.3, -0.25) is 20.2 Å². The molecular formula is C23H24N4O7S3. The van der Waals surface area contributed by atoms with Gasteiger partial charge in [0.2, 0.25) is 19.9 Å². The van der Waals surface area contributed by atoms with E-state index in [0.717, 1.165) is 48.2 Å². The number of rotatable bonds is 7. The first-order chi connectivity index (χ1) is 17.4. The number of aromatic nitrogens is 1. The van der Waals surface area contributed by atoms with Crippen LogP contribution in [0.15, 0.2) is 68.7 Å². The molecule has 0 radical (unpaired) electrons. The number of nitrogens with zero attached hydrogens (tertiary/aromatic N) is 3. The third-order valence-corrected chi connectivity index (χ3v) is 10.9. The highest BCUT2D eigenvalue weighted by molar-refractivity contribution is 7.93. The zero-order chi connectivity index (χ0) is 27.0. The Hall–Kier alpha value is -3.20. The summed E-state index contributed by atoms with van der Waals surface area (Å²) in [6.07, 6.45) is 2.06. The monoisotopic (exact) mass is 564 g/mol. The van der Waals surface area contributed by atoms with Gasteiger partial charge in [-0.15, -0.1) is 0 Å². The van der Waals surface area contributed by atoms with Crippen LogP contribution in [0, 0.1) is 22.0 Å². The molecule has 11 nitrogen and oxygen atoms in total. The van der Waals surface area contributed by atoms with Crippen molar-refractivity contribution in [3.63, 3.8) is 0 Å². The summed E-state index contributed by atoms with van der Waals surface area (Å²) in [5.74, 6) is -0.0650. The molecule has 0 unspecified atom stereocenters. The largest absolute Gasteiger partial charge is 0.298 e. The number of piperidine rings is 1. The molecule has 14 heteroatoms. The summed E-state index contributed by atoms with van der Waals surface area (Å²) in [5, 5.41) is 13.3. The van der Waals surface area contributed by atoms with Crippen LogP contribution in [-0.4, -0.2) is 50.0 Å². The first-order valence-electron chi connectivity index (χ1n) is 11.2. The van der Waals surface area contributed by atoms with Crippen LogP contribution in [0.2, 0.25) is 0 Å². The van der Waals surface area contributed by atoms with E-state index in [1.165, 1.54) is 28.6 Å². The van der Waals surface area contributed by atoms with Crippen molar-refractivity contribution in [2.45, 2.75) is 34.3 Å². The van der Waals surface area contributed by atoms with Crippen molar-refractivity contribution in [3.8, 4) is 0 Å². The highest BCUT2D eigenvalue weighted by atomic mass is 32.2. The maximum absolute atomic E-state index is 13.0. The molecule has 37 heavy (non-hydrogen) atoms. The Labute approximate surface area is 218 Å². The zero-order valence-electron chi connectivity index (χ0n) is 19.9. The fourth-order valence-corrected chi connectivity index (χ4v) is 8.31. The Balaban J connectivity index is 1.46. The minimum atomic E-state index is -3.99. The lowest BCUT2D eigenvalue weighted by molar-refractivity contribution is -0.384. The van der Waals surface area contributed by atoms with Crippen LogP contribution in [0.3, 0.4) is 0 Å². The Kier molecular flexibility index (Phi) is 7.46. The molecule has 0 aliphatic carbocycles. The maximum atomic E-state index is 13.0. The SMILES string of the molecule is C[C@@H]1C[C@H](C)CN(S(=O)(=O)c2ccc(C(=O)Nc3ncc(S(=O)(=O)c4ccc([N+](=O)[O-])cc4)s3)cc2)C1. The van der Waals surface area contributed by atoms with Crippen molar-refractivity contribution in [1.29, 1.82) is 0 Å². The van der Waals surface area contributed by atoms with Crippen LogP contribution >= 0.6 is 11.3 Å². The highest BCUT2D eigenvalue weighted by Gasteiger charge is 2.31. The lowest BCUT2D eigenvalue weighted by Crippen LogP contribution is -2.42. The van der Waals surface area contributed by atoms with Crippen molar-refractivity contribution in [2.75, 3.05) is 18.4 Å². The predicted octanol–water partition coefficient (Wildman–Crippen LogP) is 3.80. The molecular weight excluding hydrogens is 540 g/mol. The van der Waals surface area contributed by atoms with Crippen LogP contribution < -0.4 is 5.32 Å². The van der Waals surface area contributed by atoms with E-state index in [9.17, 15) is 31.7 Å². The standard InChI is InChI=1S/C23H24N4O7S3/c1-15-11-16(2)14-26(13-15)37(33,34)20-7-3-17(4-8-20)22(28)25-23-24-12-21(35-23)36(31,32)19-9-5-18(6-10-19)27(29)30/h3-10,12,15-16H,11,13-14H2,1-2H3,(H,24,25,28)/t15-,16+. The molecule has 0 saturated carbocycles. The van der Waals surface area contributed by atoms with E-state index >= 15 is 0 Å². The third-order valence-electron chi connectivity index (χ3n) is 5.92. The Bertz CT molecular complexity index is 1520. The minimum Gasteiger partial charge on any atom is -0.298 e. The third kappa shape index (κ3) is 5.71. The molecule has 2 aromatic carbocycles. The number of non-ortho nitro benzene ring substituents is 1. The molecule has 1 amide bonds. The fraction of sp³-hybridized carbons (Fsp3) is 0.304. The lowest BCUT2D eigenvalue weighted by atomic mass is 9.94. The van der Waals surface area contributed by atoms with E-state index in [2.05, 4.69) is 10.3 Å². The summed E-state index contributed by atoms with van der Waals surface area (Å²) >= 11 is 0.727. The predicted molar refractivity (Wildman–Crippen MR) is 137 cm³/mol. The number of carbonyl (C=O) groups is 1. The molecule has 1 aromatic heterocycles. The second kappa shape index (κ2) is 10.3. The number of sulfonamides is 1. The van der Waals surface area contributed by atoms with Crippen LogP contribution in [0.4, 0.5) is 10.8 Å². The molecule has 0 spiro atoms. The van der Waals surface area contributed by atoms with E-state index in [4.69, 9.17) is 0 Å². The van der Waals surface area contributed by atoms with Gasteiger partial charge in [-0.2, -0.15) is 4.31 Å². The number of hydrogen-bond acceptors (Lipinski definition) is 9. The molecule has 1 aliphatic rings. The summed E-state index contributed by atoms with van der Waals surface area (Å²) in [6, 6.07) is 9.97. The number of benzene rings is 2. The maximum Gasteiger partial charge on any atom is 0.269 e. The van der Waals surface area contributed by atoms with Gasteiger partial charge in [-0.1, -0.05) is 25.2 Å². The number of hydrogen-bond donors (Lipinski definition) is 1. The van der Waals surface area contributed by atoms with Crippen molar-refractivity contribution in [1.82, 2.24) is 9.29 Å². The summed E-state index contributed by atoms with van der Waals surface area (Å²) in [4.78, 5) is 26.7. The van der Waals surface area contributed by atoms with Gasteiger partial charge < -0.3 is 0 Å². The Morgan fingerprint density at radius 3 is 2.14 bits per heavy atom. The first kappa shape index (κ1) is 26.9. The van der Waals surface area contributed by atoms with Gasteiger partial charge in [0.25, 0.3) is 11.6 Å². The van der Waals surface area contributed by atoms with Crippen LogP contribution in [0.25, 0.3) is 0 Å². The molecule has 0 bridgehead atoms. The average Bonchev–Trinajstić information content (AvgIpc) is 3.33. The average molecular weight is 565 g/mol. The summed E-state index contributed by atoms with van der Waals surface area (Å²) < 4.78 is 53.0. The summed E-state index contributed by atoms with van der Waals surface area (Å²) in [6.45, 7) is 4.94. The molecule has 2 heterocycles. The van der Waals surface area contributed by atoms with Gasteiger partial charge in [-0.25, -0.2) is 21.8 Å². The zero-order valence-corrected chi connectivity index (χ0v) is 22.3. The molecule has 3 aromatic rings. The summed E-state index contributed by atoms with van der Waals surface area (Å²) in [7, 11) is -7.68. The number of nitro benzene ring substituents is 1. The van der Waals surface area contributed by atoms with Crippen LogP contribution in [-0.2, 0) is 19.9 Å². The lowest BCUT2D eigenvalue weighted by Gasteiger charge is -2.34. The minimum absolute atomic E-state index is 0.0264. The topological polar surface area (TPSA) is 157 Å². The van der Waals surface area contributed by atoms with Gasteiger partial charge in [0.15, 0.2) is 5.13 Å². The molecule has 2 atom stereocenters. The number of nitro groups is 1. The van der Waals surface area contributed by atoms with Crippen molar-refractivity contribution in [3.05, 3.63) is 70.4 Å². The van der Waals surface area contributed by atoms with Gasteiger partial charge in [0.05, 0.1) is 20.9 Å². The molecule has 4 rings (SSSR count). The fourth-order valence-electron chi connectivity index (χ4n) is 4.20. The van der Waals surface area contributed by atoms with Gasteiger partial charge in [0.1, 0.15) is 4.21 Å². The van der Waals surface area contributed by atoms with E-state index < -0.39 is 30.7 Å². The quantitative estimate of drug-likeness (QED) is 0.335. The molecule has 1 fully saturated rings. The van der Waals surface area contributed by atoms with E-state index in [0.29, 0.717) is 13.1 Å². The van der Waals surface area contributed by atoms with Crippen LogP contribution in [0.5, 0.6) is 0 Å². The van der Waals surface area contributed by atoms with E-state index in [-0.39, 0.29) is 42.2 Å². The second-order valence-corrected chi connectivity index (χ2v) is 14.1. The van der Waals surface area contributed by atoms with Crippen molar-refractivity contribution < 1.29 is 26.6 Å². The van der Waals surface area contributed by atoms with Gasteiger partial charge in [-0.05, 0) is 54.7 Å². The molecule has 196 valence electrons. The van der Waals surface area contributed by atoms with Crippen molar-refractivity contribution >= 4 is 47.9 Å². The van der Waals surface area contributed by atoms with E-state index in [1.807, 2.05) is 13.8 Å². The van der Waals surface area contributed by atoms with Crippen LogP contribution in [0.1, 0.15) is 30.6 Å². The Morgan fingerprint density at radius 1 is 1.00 bits per heavy atom. The number of anilines is 1. The Morgan fingerprint density at radius 2 is 1.57 bits per heavy atom. The van der Waals surface area contributed by atoms with E-state index in [1.54, 1.807) is 0 Å². The number of thiazole rings is 1. The second-order valence-electron chi connectivity index (χ2n) is 8.99. The van der Waals surface area contributed by atoms with Crippen molar-refractivity contribution in [2.24, 2.45) is 11.8 Å². The molecule has 1 saturated heterocycles. The summed E-state index contributed by atoms with van der Waals surface area (Å²) in [5.41, 5.74) is -0.0654. The number of amides is 1.